The highest BCUT2D eigenvalue weighted by molar-refractivity contribution is 7.10. The molecule has 13 heavy (non-hydrogen) atoms. The predicted molar refractivity (Wildman–Crippen MR) is 52.8 cm³/mol. The van der Waals surface area contributed by atoms with Gasteiger partial charge in [-0.3, -0.25) is 0 Å². The van der Waals surface area contributed by atoms with Gasteiger partial charge in [0, 0.05) is 23.9 Å². The fourth-order valence-corrected chi connectivity index (χ4v) is 3.31. The van der Waals surface area contributed by atoms with Crippen molar-refractivity contribution in [3.8, 4) is 0 Å². The molecule has 70 valence electrons. The Morgan fingerprint density at radius 1 is 1.69 bits per heavy atom. The molecule has 2 aliphatic rings. The lowest BCUT2D eigenvalue weighted by Gasteiger charge is -2.10. The van der Waals surface area contributed by atoms with Crippen molar-refractivity contribution in [1.82, 2.24) is 10.3 Å². The summed E-state index contributed by atoms with van der Waals surface area (Å²) in [7, 11) is 0. The van der Waals surface area contributed by atoms with Crippen molar-refractivity contribution in [2.24, 2.45) is 17.6 Å². The zero-order chi connectivity index (χ0) is 9.00. The van der Waals surface area contributed by atoms with Gasteiger partial charge in [-0.15, -0.1) is 11.3 Å². The highest BCUT2D eigenvalue weighted by Crippen LogP contribution is 2.51. The number of rotatable bonds is 1. The summed E-state index contributed by atoms with van der Waals surface area (Å²) in [4.78, 5) is 4.27. The van der Waals surface area contributed by atoms with E-state index in [1.807, 2.05) is 5.38 Å². The van der Waals surface area contributed by atoms with E-state index < -0.39 is 0 Å². The Hall–Kier alpha value is -0.160. The van der Waals surface area contributed by atoms with E-state index >= 15 is 0 Å². The minimum absolute atomic E-state index is 0.359. The normalized spacial score (nSPS) is 42.0. The van der Waals surface area contributed by atoms with Crippen LogP contribution in [0.3, 0.4) is 0 Å². The number of nitrogens with zero attached hydrogens (tertiary/aromatic N) is 1. The molecule has 0 spiro atoms. The molecule has 2 fully saturated rings. The van der Waals surface area contributed by atoms with Crippen molar-refractivity contribution in [3.63, 3.8) is 0 Å². The maximum absolute atomic E-state index is 5.91. The van der Waals surface area contributed by atoms with Gasteiger partial charge >= 0.3 is 0 Å². The van der Waals surface area contributed by atoms with Crippen molar-refractivity contribution in [1.29, 1.82) is 0 Å². The molecule has 5 heteroatoms. The van der Waals surface area contributed by atoms with Crippen molar-refractivity contribution in [2.45, 2.75) is 12.1 Å². The Morgan fingerprint density at radius 3 is 3.08 bits per heavy atom. The second kappa shape index (κ2) is 2.67. The zero-order valence-corrected chi connectivity index (χ0v) is 8.48. The molecule has 3 nitrogen and oxygen atoms in total. The van der Waals surface area contributed by atoms with Gasteiger partial charge < -0.3 is 11.1 Å². The molecule has 1 saturated carbocycles. The molecule has 1 aromatic rings. The Bertz CT molecular complexity index is 340. The Labute approximate surface area is 85.3 Å². The second-order valence-electron chi connectivity index (χ2n) is 3.71. The monoisotopic (exact) mass is 215 g/mol. The number of nitrogens with two attached hydrogens (primary N) is 1. The van der Waals surface area contributed by atoms with Crippen LogP contribution in [0.5, 0.6) is 0 Å². The summed E-state index contributed by atoms with van der Waals surface area (Å²) in [5.74, 6) is 1.27. The molecule has 4 unspecified atom stereocenters. The average Bonchev–Trinajstić information content (AvgIpc) is 2.58. The van der Waals surface area contributed by atoms with Crippen LogP contribution in [0.2, 0.25) is 5.15 Å². The molecule has 1 aliphatic carbocycles. The van der Waals surface area contributed by atoms with Gasteiger partial charge in [0.1, 0.15) is 10.2 Å². The van der Waals surface area contributed by atoms with Gasteiger partial charge in [0.25, 0.3) is 0 Å². The first-order chi connectivity index (χ1) is 6.27. The Kier molecular flexibility index (Phi) is 1.68. The molecule has 4 atom stereocenters. The summed E-state index contributed by atoms with van der Waals surface area (Å²) in [6, 6.07) is 0.742. The molecule has 1 aliphatic heterocycles. The number of piperidine rings is 1. The number of halogens is 1. The number of hydrogen-bond acceptors (Lipinski definition) is 4. The number of nitrogens with one attached hydrogen (secondary N) is 1. The second-order valence-corrected chi connectivity index (χ2v) is 4.99. The maximum atomic E-state index is 5.91. The van der Waals surface area contributed by atoms with Crippen LogP contribution in [-0.2, 0) is 0 Å². The molecule has 0 bridgehead atoms. The van der Waals surface area contributed by atoms with Crippen LogP contribution in [0.1, 0.15) is 11.0 Å². The van der Waals surface area contributed by atoms with Crippen molar-refractivity contribution in [3.05, 3.63) is 15.5 Å². The molecular weight excluding hydrogens is 206 g/mol. The van der Waals surface area contributed by atoms with Crippen LogP contribution in [0, 0.1) is 11.8 Å². The number of thiazole rings is 1. The molecular formula is C8H10ClN3S. The molecule has 3 N–H and O–H groups in total. The van der Waals surface area contributed by atoms with E-state index in [1.54, 1.807) is 11.3 Å². The third kappa shape index (κ3) is 1.13. The molecule has 0 amide bonds. The zero-order valence-electron chi connectivity index (χ0n) is 6.90. The molecule has 0 radical (unpaired) electrons. The van der Waals surface area contributed by atoms with Crippen LogP contribution in [-0.4, -0.2) is 17.6 Å². The summed E-state index contributed by atoms with van der Waals surface area (Å²) in [6.45, 7) is 1.04. The molecule has 2 heterocycles. The van der Waals surface area contributed by atoms with Gasteiger partial charge in [-0.2, -0.15) is 0 Å². The topological polar surface area (TPSA) is 50.9 Å². The highest BCUT2D eigenvalue weighted by Gasteiger charge is 2.57. The molecule has 1 aromatic heterocycles. The minimum atomic E-state index is 0.359. The lowest BCUT2D eigenvalue weighted by molar-refractivity contribution is 0.534. The van der Waals surface area contributed by atoms with E-state index in [-0.39, 0.29) is 0 Å². The van der Waals surface area contributed by atoms with Crippen molar-refractivity contribution >= 4 is 22.9 Å². The van der Waals surface area contributed by atoms with Gasteiger partial charge in [0.15, 0.2) is 0 Å². The van der Waals surface area contributed by atoms with Gasteiger partial charge in [-0.05, 0) is 5.92 Å². The smallest absolute Gasteiger partial charge is 0.140 e. The summed E-state index contributed by atoms with van der Waals surface area (Å²) in [5, 5.41) is 6.99. The quantitative estimate of drug-likeness (QED) is 0.736. The van der Waals surface area contributed by atoms with E-state index in [1.165, 1.54) is 0 Å². The highest BCUT2D eigenvalue weighted by atomic mass is 35.5. The van der Waals surface area contributed by atoms with Crippen molar-refractivity contribution in [2.75, 3.05) is 6.54 Å². The minimum Gasteiger partial charge on any atom is -0.327 e. The van der Waals surface area contributed by atoms with E-state index in [0.29, 0.717) is 29.1 Å². The summed E-state index contributed by atoms with van der Waals surface area (Å²) in [6.07, 6.45) is 0. The molecule has 1 saturated heterocycles. The number of aromatic nitrogens is 1. The number of fused-ring (bicyclic) bond motifs is 1. The first-order valence-corrected chi connectivity index (χ1v) is 5.63. The largest absolute Gasteiger partial charge is 0.327 e. The SMILES string of the molecule is NC1C2CNC(c3nc(Cl)cs3)C12. The van der Waals surface area contributed by atoms with Crippen LogP contribution in [0.4, 0.5) is 0 Å². The van der Waals surface area contributed by atoms with Gasteiger partial charge in [-0.1, -0.05) is 11.6 Å². The van der Waals surface area contributed by atoms with Crippen LogP contribution in [0.25, 0.3) is 0 Å². The van der Waals surface area contributed by atoms with Crippen LogP contribution >= 0.6 is 22.9 Å². The fourth-order valence-electron chi connectivity index (χ4n) is 2.23. The van der Waals surface area contributed by atoms with Crippen LogP contribution in [0.15, 0.2) is 5.38 Å². The maximum Gasteiger partial charge on any atom is 0.140 e. The predicted octanol–water partition coefficient (Wildman–Crippen LogP) is 1.01. The van der Waals surface area contributed by atoms with E-state index in [2.05, 4.69) is 10.3 Å². The third-order valence-corrected chi connectivity index (χ3v) is 4.26. The van der Waals surface area contributed by atoms with Gasteiger partial charge in [0.2, 0.25) is 0 Å². The summed E-state index contributed by atoms with van der Waals surface area (Å²) in [5.41, 5.74) is 5.91. The fraction of sp³-hybridized carbons (Fsp3) is 0.625. The van der Waals surface area contributed by atoms with E-state index in [4.69, 9.17) is 17.3 Å². The van der Waals surface area contributed by atoms with E-state index in [0.717, 1.165) is 11.6 Å². The Morgan fingerprint density at radius 2 is 2.54 bits per heavy atom. The molecule has 3 rings (SSSR count). The molecule has 0 aromatic carbocycles. The average molecular weight is 216 g/mol. The first kappa shape index (κ1) is 8.17. The first-order valence-electron chi connectivity index (χ1n) is 4.37. The van der Waals surface area contributed by atoms with Crippen LogP contribution < -0.4 is 11.1 Å². The lowest BCUT2D eigenvalue weighted by atomic mass is 10.2. The van der Waals surface area contributed by atoms with Crippen molar-refractivity contribution < 1.29 is 0 Å². The Balaban J connectivity index is 1.86. The number of hydrogen-bond donors (Lipinski definition) is 2. The standard InChI is InChI=1S/C8H10ClN3S/c9-4-2-13-8(12-4)7-5-3(1-11-7)6(5)10/h2-3,5-7,11H,1,10H2. The summed E-state index contributed by atoms with van der Waals surface area (Å²) < 4.78 is 0. The lowest BCUT2D eigenvalue weighted by Crippen LogP contribution is -2.25. The third-order valence-electron chi connectivity index (χ3n) is 3.01. The van der Waals surface area contributed by atoms with Gasteiger partial charge in [0.05, 0.1) is 6.04 Å². The summed E-state index contributed by atoms with van der Waals surface area (Å²) >= 11 is 7.39. The van der Waals surface area contributed by atoms with E-state index in [9.17, 15) is 0 Å². The van der Waals surface area contributed by atoms with Gasteiger partial charge in [-0.25, -0.2) is 4.98 Å².